The van der Waals surface area contributed by atoms with Gasteiger partial charge in [-0.2, -0.15) is 0 Å². The standard InChI is InChI=1S/C25H20F3NO4/c26-18-6-7-23(33-14-16-4-5-19(27)11-21(16)28)17(10-18)13-29-12-15(8-9-30)24-20(25(31)32)2-1-3-22(24)29/h1-7,10-12,30H,8-9,13-14H2,(H,31,32). The first-order chi connectivity index (χ1) is 15.9. The highest BCUT2D eigenvalue weighted by Gasteiger charge is 2.17. The van der Waals surface area contributed by atoms with Crippen LogP contribution in [0, 0.1) is 17.5 Å². The van der Waals surface area contributed by atoms with Crippen LogP contribution in [0.4, 0.5) is 13.2 Å². The fourth-order valence-corrected chi connectivity index (χ4v) is 3.85. The predicted molar refractivity (Wildman–Crippen MR) is 116 cm³/mol. The zero-order valence-corrected chi connectivity index (χ0v) is 17.4. The molecule has 0 atom stereocenters. The van der Waals surface area contributed by atoms with Crippen LogP contribution < -0.4 is 4.74 Å². The van der Waals surface area contributed by atoms with Crippen molar-refractivity contribution in [2.24, 2.45) is 0 Å². The maximum atomic E-state index is 14.1. The van der Waals surface area contributed by atoms with Crippen LogP contribution in [0.5, 0.6) is 5.75 Å². The number of hydrogen-bond donors (Lipinski definition) is 2. The highest BCUT2D eigenvalue weighted by Crippen LogP contribution is 2.29. The van der Waals surface area contributed by atoms with Crippen molar-refractivity contribution in [1.29, 1.82) is 0 Å². The molecule has 0 saturated carbocycles. The third-order valence-electron chi connectivity index (χ3n) is 5.36. The lowest BCUT2D eigenvalue weighted by molar-refractivity contribution is 0.0699. The molecule has 0 fully saturated rings. The van der Waals surface area contributed by atoms with Gasteiger partial charge in [-0.3, -0.25) is 0 Å². The van der Waals surface area contributed by atoms with Crippen molar-refractivity contribution in [3.63, 3.8) is 0 Å². The number of halogens is 3. The van der Waals surface area contributed by atoms with Crippen LogP contribution in [0.2, 0.25) is 0 Å². The Kier molecular flexibility index (Phi) is 6.37. The number of nitrogens with zero attached hydrogens (tertiary/aromatic N) is 1. The zero-order valence-electron chi connectivity index (χ0n) is 17.4. The fourth-order valence-electron chi connectivity index (χ4n) is 3.85. The molecule has 3 aromatic carbocycles. The van der Waals surface area contributed by atoms with Gasteiger partial charge in [-0.25, -0.2) is 18.0 Å². The van der Waals surface area contributed by atoms with Gasteiger partial charge in [0.1, 0.15) is 29.8 Å². The van der Waals surface area contributed by atoms with Crippen molar-refractivity contribution in [3.8, 4) is 5.75 Å². The number of carbonyl (C=O) groups is 1. The van der Waals surface area contributed by atoms with Crippen molar-refractivity contribution in [2.75, 3.05) is 6.61 Å². The second kappa shape index (κ2) is 9.38. The molecule has 4 rings (SSSR count). The average molecular weight is 455 g/mol. The summed E-state index contributed by atoms with van der Waals surface area (Å²) in [5.41, 5.74) is 1.97. The van der Waals surface area contributed by atoms with E-state index in [2.05, 4.69) is 0 Å². The number of hydrogen-bond acceptors (Lipinski definition) is 3. The van der Waals surface area contributed by atoms with Crippen LogP contribution >= 0.6 is 0 Å². The summed E-state index contributed by atoms with van der Waals surface area (Å²) in [5.74, 6) is -2.72. The molecule has 1 heterocycles. The molecule has 8 heteroatoms. The highest BCUT2D eigenvalue weighted by molar-refractivity contribution is 6.04. The zero-order chi connectivity index (χ0) is 23.5. The van der Waals surface area contributed by atoms with Gasteiger partial charge in [0.25, 0.3) is 0 Å². The van der Waals surface area contributed by atoms with Gasteiger partial charge in [0.15, 0.2) is 0 Å². The van der Waals surface area contributed by atoms with Crippen LogP contribution in [0.1, 0.15) is 27.0 Å². The highest BCUT2D eigenvalue weighted by atomic mass is 19.1. The van der Waals surface area contributed by atoms with E-state index in [0.29, 0.717) is 27.8 Å². The minimum absolute atomic E-state index is 0.109. The third-order valence-corrected chi connectivity index (χ3v) is 5.36. The van der Waals surface area contributed by atoms with E-state index in [0.717, 1.165) is 12.1 Å². The number of carboxylic acid groups (broad SMARTS) is 1. The van der Waals surface area contributed by atoms with Crippen LogP contribution in [-0.2, 0) is 19.6 Å². The molecule has 0 bridgehead atoms. The van der Waals surface area contributed by atoms with Gasteiger partial charge in [0, 0.05) is 40.9 Å². The molecule has 5 nitrogen and oxygen atoms in total. The molecule has 1 aromatic heterocycles. The van der Waals surface area contributed by atoms with Gasteiger partial charge >= 0.3 is 5.97 Å². The molecule has 0 aliphatic heterocycles. The minimum Gasteiger partial charge on any atom is -0.488 e. The summed E-state index contributed by atoms with van der Waals surface area (Å²) in [4.78, 5) is 11.7. The Morgan fingerprint density at radius 2 is 1.70 bits per heavy atom. The molecule has 0 spiro atoms. The Hall–Kier alpha value is -3.78. The van der Waals surface area contributed by atoms with E-state index in [1.165, 1.54) is 30.3 Å². The van der Waals surface area contributed by atoms with E-state index in [-0.39, 0.29) is 37.3 Å². The van der Waals surface area contributed by atoms with Crippen LogP contribution in [-0.4, -0.2) is 27.4 Å². The first-order valence-corrected chi connectivity index (χ1v) is 10.2. The predicted octanol–water partition coefficient (Wildman–Crippen LogP) is 4.92. The molecular formula is C25H20F3NO4. The van der Waals surface area contributed by atoms with Crippen molar-refractivity contribution < 1.29 is 32.9 Å². The Morgan fingerprint density at radius 1 is 0.939 bits per heavy atom. The van der Waals surface area contributed by atoms with Crippen molar-refractivity contribution in [1.82, 2.24) is 4.57 Å². The number of aliphatic hydroxyl groups excluding tert-OH is 1. The molecule has 0 aliphatic rings. The number of rotatable bonds is 8. The normalized spacial score (nSPS) is 11.2. The van der Waals surface area contributed by atoms with E-state index >= 15 is 0 Å². The molecule has 4 aromatic rings. The number of benzene rings is 3. The average Bonchev–Trinajstić information content (AvgIpc) is 3.12. The number of aromatic nitrogens is 1. The summed E-state index contributed by atoms with van der Waals surface area (Å²) in [7, 11) is 0. The van der Waals surface area contributed by atoms with E-state index in [1.54, 1.807) is 22.9 Å². The Bertz CT molecular complexity index is 1330. The largest absolute Gasteiger partial charge is 0.488 e. The first-order valence-electron chi connectivity index (χ1n) is 10.2. The van der Waals surface area contributed by atoms with Crippen LogP contribution in [0.25, 0.3) is 10.9 Å². The third kappa shape index (κ3) is 4.70. The number of aliphatic hydroxyl groups is 1. The second-order valence-electron chi connectivity index (χ2n) is 7.54. The number of fused-ring (bicyclic) bond motifs is 1. The molecule has 33 heavy (non-hydrogen) atoms. The number of ether oxygens (including phenoxy) is 1. The van der Waals surface area contributed by atoms with E-state index in [4.69, 9.17) is 4.74 Å². The SMILES string of the molecule is O=C(O)c1cccc2c1c(CCO)cn2Cc1cc(F)ccc1OCc1ccc(F)cc1F. The molecule has 2 N–H and O–H groups in total. The Balaban J connectivity index is 1.70. The summed E-state index contributed by atoms with van der Waals surface area (Å²) < 4.78 is 48.6. The lowest BCUT2D eigenvalue weighted by Crippen LogP contribution is -2.05. The molecule has 0 radical (unpaired) electrons. The first kappa shape index (κ1) is 22.4. The quantitative estimate of drug-likeness (QED) is 0.396. The van der Waals surface area contributed by atoms with Crippen molar-refractivity contribution in [3.05, 3.63) is 100 Å². The molecule has 170 valence electrons. The number of carboxylic acids is 1. The molecule has 0 unspecified atom stereocenters. The van der Waals surface area contributed by atoms with Gasteiger partial charge < -0.3 is 19.5 Å². The van der Waals surface area contributed by atoms with E-state index in [9.17, 15) is 28.2 Å². The summed E-state index contributed by atoms with van der Waals surface area (Å²) in [6.07, 6.45) is 1.98. The van der Waals surface area contributed by atoms with Crippen LogP contribution in [0.3, 0.4) is 0 Å². The second-order valence-corrected chi connectivity index (χ2v) is 7.54. The lowest BCUT2D eigenvalue weighted by atomic mass is 10.0. The summed E-state index contributed by atoms with van der Waals surface area (Å²) in [6.45, 7) is -0.204. The number of aromatic carboxylic acids is 1. The van der Waals surface area contributed by atoms with Crippen molar-refractivity contribution >= 4 is 16.9 Å². The van der Waals surface area contributed by atoms with Crippen LogP contribution in [0.15, 0.2) is 60.8 Å². The smallest absolute Gasteiger partial charge is 0.336 e. The molecule has 0 saturated heterocycles. The van der Waals surface area contributed by atoms with Gasteiger partial charge in [0.2, 0.25) is 0 Å². The molecule has 0 aliphatic carbocycles. The van der Waals surface area contributed by atoms with E-state index < -0.39 is 23.4 Å². The monoisotopic (exact) mass is 455 g/mol. The Labute approximate surface area is 187 Å². The lowest BCUT2D eigenvalue weighted by Gasteiger charge is -2.14. The van der Waals surface area contributed by atoms with E-state index in [1.807, 2.05) is 0 Å². The van der Waals surface area contributed by atoms with Gasteiger partial charge in [-0.1, -0.05) is 6.07 Å². The minimum atomic E-state index is -1.09. The molecule has 0 amide bonds. The molecular weight excluding hydrogens is 435 g/mol. The maximum Gasteiger partial charge on any atom is 0.336 e. The summed E-state index contributed by atoms with van der Waals surface area (Å²) in [6, 6.07) is 12.0. The summed E-state index contributed by atoms with van der Waals surface area (Å²) >= 11 is 0. The topological polar surface area (TPSA) is 71.7 Å². The van der Waals surface area contributed by atoms with Gasteiger partial charge in [0.05, 0.1) is 12.1 Å². The fraction of sp³-hybridized carbons (Fsp3) is 0.160. The van der Waals surface area contributed by atoms with Crippen molar-refractivity contribution in [2.45, 2.75) is 19.6 Å². The summed E-state index contributed by atoms with van der Waals surface area (Å²) in [5, 5.41) is 19.5. The van der Waals surface area contributed by atoms with Gasteiger partial charge in [-0.05, 0) is 54.4 Å². The Morgan fingerprint density at radius 3 is 2.42 bits per heavy atom. The van der Waals surface area contributed by atoms with Gasteiger partial charge in [-0.15, -0.1) is 0 Å². The maximum absolute atomic E-state index is 14.1.